The number of anilines is 1. The van der Waals surface area contributed by atoms with Gasteiger partial charge in [0.1, 0.15) is 5.75 Å². The van der Waals surface area contributed by atoms with Crippen LogP contribution in [0, 0.1) is 5.92 Å². The van der Waals surface area contributed by atoms with Gasteiger partial charge in [0.2, 0.25) is 0 Å². The number of nitrogens with one attached hydrogen (secondary N) is 1. The number of nitrogens with zero attached hydrogens (tertiary/aromatic N) is 1. The van der Waals surface area contributed by atoms with E-state index in [1.165, 1.54) is 5.69 Å². The van der Waals surface area contributed by atoms with Gasteiger partial charge >= 0.3 is 0 Å². The molecule has 3 nitrogen and oxygen atoms in total. The quantitative estimate of drug-likeness (QED) is 0.920. The van der Waals surface area contributed by atoms with Crippen LogP contribution >= 0.6 is 24.8 Å². The van der Waals surface area contributed by atoms with E-state index in [-0.39, 0.29) is 24.8 Å². The van der Waals surface area contributed by atoms with E-state index in [9.17, 15) is 0 Å². The van der Waals surface area contributed by atoms with E-state index in [0.717, 1.165) is 32.0 Å². The first kappa shape index (κ1) is 19.4. The second-order valence-electron chi connectivity index (χ2n) is 5.45. The van der Waals surface area contributed by atoms with Gasteiger partial charge in [-0.05, 0) is 37.1 Å². The second kappa shape index (κ2) is 9.32. The molecule has 5 heteroatoms. The van der Waals surface area contributed by atoms with Crippen LogP contribution < -0.4 is 15.0 Å². The summed E-state index contributed by atoms with van der Waals surface area (Å²) >= 11 is 0. The zero-order valence-corrected chi connectivity index (χ0v) is 14.1. The summed E-state index contributed by atoms with van der Waals surface area (Å²) in [5, 5.41) is 3.41. The number of hydrogen-bond acceptors (Lipinski definition) is 3. The van der Waals surface area contributed by atoms with Gasteiger partial charge in [-0.1, -0.05) is 13.8 Å². The minimum absolute atomic E-state index is 0. The first-order valence-electron chi connectivity index (χ1n) is 6.87. The van der Waals surface area contributed by atoms with Crippen LogP contribution in [0.3, 0.4) is 0 Å². The molecular formula is C15H26Cl2N2O. The zero-order chi connectivity index (χ0) is 13.0. The summed E-state index contributed by atoms with van der Waals surface area (Å²) in [5.74, 6) is 1.54. The Kier molecular flexibility index (Phi) is 9.03. The van der Waals surface area contributed by atoms with Crippen LogP contribution in [0.2, 0.25) is 0 Å². The average molecular weight is 321 g/mol. The molecule has 1 atom stereocenters. The van der Waals surface area contributed by atoms with Gasteiger partial charge in [0.25, 0.3) is 0 Å². The lowest BCUT2D eigenvalue weighted by atomic mass is 10.2. The topological polar surface area (TPSA) is 24.5 Å². The van der Waals surface area contributed by atoms with Crippen molar-refractivity contribution in [2.24, 2.45) is 5.92 Å². The molecule has 1 N–H and O–H groups in total. The fourth-order valence-electron chi connectivity index (χ4n) is 2.22. The van der Waals surface area contributed by atoms with Crippen molar-refractivity contribution in [3.05, 3.63) is 24.3 Å². The number of piperazine rings is 1. The fraction of sp³-hybridized carbons (Fsp3) is 0.600. The third-order valence-corrected chi connectivity index (χ3v) is 3.25. The molecule has 1 fully saturated rings. The molecule has 20 heavy (non-hydrogen) atoms. The predicted octanol–water partition coefficient (Wildman–Crippen LogP) is 3.36. The van der Waals surface area contributed by atoms with Crippen LogP contribution in [-0.4, -0.2) is 32.3 Å². The largest absolute Gasteiger partial charge is 0.493 e. The van der Waals surface area contributed by atoms with Gasteiger partial charge in [-0.15, -0.1) is 24.8 Å². The molecule has 0 bridgehead atoms. The van der Waals surface area contributed by atoms with Gasteiger partial charge in [0.05, 0.1) is 6.61 Å². The molecule has 2 rings (SSSR count). The van der Waals surface area contributed by atoms with Gasteiger partial charge < -0.3 is 15.0 Å². The summed E-state index contributed by atoms with van der Waals surface area (Å²) in [6.45, 7) is 10.6. The Balaban J connectivity index is 0.00000180. The normalized spacial score (nSPS) is 18.2. The van der Waals surface area contributed by atoms with Crippen LogP contribution in [0.5, 0.6) is 5.75 Å². The standard InChI is InChI=1S/C15H24N2O.2ClH/c1-12(2)11-18-15-6-4-14(5-7-15)17-9-8-16-10-13(17)3;;/h4-7,12-13,16H,8-11H2,1-3H3;2*1H. The lowest BCUT2D eigenvalue weighted by Gasteiger charge is -2.36. The molecule has 1 heterocycles. The Hall–Kier alpha value is -0.640. The van der Waals surface area contributed by atoms with E-state index in [4.69, 9.17) is 4.74 Å². The van der Waals surface area contributed by atoms with Crippen LogP contribution in [0.25, 0.3) is 0 Å². The van der Waals surface area contributed by atoms with Crippen LogP contribution in [-0.2, 0) is 0 Å². The summed E-state index contributed by atoms with van der Waals surface area (Å²) in [6.07, 6.45) is 0. The van der Waals surface area contributed by atoms with Gasteiger partial charge in [-0.2, -0.15) is 0 Å². The molecule has 0 radical (unpaired) electrons. The number of ether oxygens (including phenoxy) is 1. The van der Waals surface area contributed by atoms with Gasteiger partial charge in [0, 0.05) is 31.4 Å². The van der Waals surface area contributed by atoms with Crippen molar-refractivity contribution in [3.63, 3.8) is 0 Å². The molecule has 0 saturated carbocycles. The Morgan fingerprint density at radius 1 is 1.25 bits per heavy atom. The monoisotopic (exact) mass is 320 g/mol. The molecule has 1 saturated heterocycles. The molecule has 0 aromatic heterocycles. The molecule has 1 aliphatic heterocycles. The van der Waals surface area contributed by atoms with Crippen molar-refractivity contribution in [2.45, 2.75) is 26.8 Å². The Labute approximate surface area is 134 Å². The molecule has 1 aliphatic rings. The number of benzene rings is 1. The molecule has 1 aromatic carbocycles. The number of hydrogen-bond donors (Lipinski definition) is 1. The molecule has 0 spiro atoms. The van der Waals surface area contributed by atoms with E-state index in [0.29, 0.717) is 12.0 Å². The van der Waals surface area contributed by atoms with E-state index < -0.39 is 0 Å². The highest BCUT2D eigenvalue weighted by Gasteiger charge is 2.17. The van der Waals surface area contributed by atoms with Gasteiger partial charge in [-0.25, -0.2) is 0 Å². The summed E-state index contributed by atoms with van der Waals surface area (Å²) < 4.78 is 5.71. The Bertz CT molecular complexity index is 371. The molecule has 0 amide bonds. The first-order valence-corrected chi connectivity index (χ1v) is 6.87. The minimum atomic E-state index is 0. The smallest absolute Gasteiger partial charge is 0.119 e. The van der Waals surface area contributed by atoms with Crippen LogP contribution in [0.15, 0.2) is 24.3 Å². The molecule has 0 aliphatic carbocycles. The summed E-state index contributed by atoms with van der Waals surface area (Å²) in [4.78, 5) is 2.45. The summed E-state index contributed by atoms with van der Waals surface area (Å²) in [6, 6.07) is 9.04. The van der Waals surface area contributed by atoms with Crippen LogP contribution in [0.4, 0.5) is 5.69 Å². The highest BCUT2D eigenvalue weighted by atomic mass is 35.5. The van der Waals surface area contributed by atoms with E-state index in [2.05, 4.69) is 55.3 Å². The molecule has 1 aromatic rings. The van der Waals surface area contributed by atoms with Crippen molar-refractivity contribution < 1.29 is 4.74 Å². The Morgan fingerprint density at radius 2 is 1.90 bits per heavy atom. The second-order valence-corrected chi connectivity index (χ2v) is 5.45. The maximum atomic E-state index is 5.71. The number of rotatable bonds is 4. The van der Waals surface area contributed by atoms with E-state index in [1.807, 2.05) is 0 Å². The maximum Gasteiger partial charge on any atom is 0.119 e. The van der Waals surface area contributed by atoms with Crippen LogP contribution in [0.1, 0.15) is 20.8 Å². The summed E-state index contributed by atoms with van der Waals surface area (Å²) in [5.41, 5.74) is 1.29. The fourth-order valence-corrected chi connectivity index (χ4v) is 2.22. The maximum absolute atomic E-state index is 5.71. The Morgan fingerprint density at radius 3 is 2.45 bits per heavy atom. The molecule has 116 valence electrons. The lowest BCUT2D eigenvalue weighted by molar-refractivity contribution is 0.271. The van der Waals surface area contributed by atoms with E-state index >= 15 is 0 Å². The zero-order valence-electron chi connectivity index (χ0n) is 12.5. The highest BCUT2D eigenvalue weighted by molar-refractivity contribution is 5.85. The molecular weight excluding hydrogens is 295 g/mol. The first-order chi connectivity index (χ1) is 8.66. The van der Waals surface area contributed by atoms with Crippen molar-refractivity contribution >= 4 is 30.5 Å². The summed E-state index contributed by atoms with van der Waals surface area (Å²) in [7, 11) is 0. The lowest BCUT2D eigenvalue weighted by Crippen LogP contribution is -2.49. The highest BCUT2D eigenvalue weighted by Crippen LogP contribution is 2.22. The molecule has 1 unspecified atom stereocenters. The van der Waals surface area contributed by atoms with Crippen molar-refractivity contribution in [3.8, 4) is 5.75 Å². The van der Waals surface area contributed by atoms with Crippen molar-refractivity contribution in [1.82, 2.24) is 5.32 Å². The van der Waals surface area contributed by atoms with Gasteiger partial charge in [0.15, 0.2) is 0 Å². The van der Waals surface area contributed by atoms with Crippen molar-refractivity contribution in [2.75, 3.05) is 31.1 Å². The van der Waals surface area contributed by atoms with Gasteiger partial charge in [-0.3, -0.25) is 0 Å². The predicted molar refractivity (Wildman–Crippen MR) is 90.9 cm³/mol. The van der Waals surface area contributed by atoms with E-state index in [1.54, 1.807) is 0 Å². The third-order valence-electron chi connectivity index (χ3n) is 3.25. The third kappa shape index (κ3) is 5.39. The SMILES string of the molecule is CC(C)COc1ccc(N2CCNCC2C)cc1.Cl.Cl. The number of halogens is 2. The van der Waals surface area contributed by atoms with Crippen molar-refractivity contribution in [1.29, 1.82) is 0 Å². The average Bonchev–Trinajstić information content (AvgIpc) is 2.38. The minimum Gasteiger partial charge on any atom is -0.493 e.